The van der Waals surface area contributed by atoms with Crippen LogP contribution in [0.2, 0.25) is 5.02 Å². The number of aromatic nitrogens is 1. The molecular weight excluding hydrogens is 312 g/mol. The minimum atomic E-state index is -3.85. The average molecular weight is 325 g/mol. The highest BCUT2D eigenvalue weighted by Gasteiger charge is 2.29. The summed E-state index contributed by atoms with van der Waals surface area (Å²) in [4.78, 5) is 3.57. The van der Waals surface area contributed by atoms with Gasteiger partial charge in [-0.25, -0.2) is 21.6 Å². The van der Waals surface area contributed by atoms with Gasteiger partial charge in [0.05, 0.1) is 16.5 Å². The Bertz CT molecular complexity index is 673. The third-order valence-electron chi connectivity index (χ3n) is 2.81. The predicted octanol–water partition coefficient (Wildman–Crippen LogP) is 0.590. The molecule has 0 saturated carbocycles. The summed E-state index contributed by atoms with van der Waals surface area (Å²) >= 11 is 5.81. The minimum absolute atomic E-state index is 0.0566. The maximum atomic E-state index is 12.1. The lowest BCUT2D eigenvalue weighted by Crippen LogP contribution is -2.43. The molecule has 2 heterocycles. The van der Waals surface area contributed by atoms with Gasteiger partial charge in [0, 0.05) is 18.4 Å². The number of sulfone groups is 1. The van der Waals surface area contributed by atoms with Crippen LogP contribution in [-0.2, 0) is 19.9 Å². The van der Waals surface area contributed by atoms with Crippen molar-refractivity contribution in [1.29, 1.82) is 0 Å². The smallest absolute Gasteiger partial charge is 0.243 e. The van der Waals surface area contributed by atoms with Gasteiger partial charge in [-0.05, 0) is 18.9 Å². The van der Waals surface area contributed by atoms with Crippen LogP contribution < -0.4 is 4.72 Å². The van der Waals surface area contributed by atoms with E-state index in [-0.39, 0.29) is 21.4 Å². The molecule has 0 aliphatic carbocycles. The fourth-order valence-corrected chi connectivity index (χ4v) is 5.40. The molecule has 1 aliphatic rings. The van der Waals surface area contributed by atoms with E-state index in [0.717, 1.165) is 6.20 Å². The van der Waals surface area contributed by atoms with Gasteiger partial charge < -0.3 is 0 Å². The van der Waals surface area contributed by atoms with Crippen molar-refractivity contribution in [3.8, 4) is 0 Å². The van der Waals surface area contributed by atoms with Gasteiger partial charge in [0.1, 0.15) is 4.90 Å². The summed E-state index contributed by atoms with van der Waals surface area (Å²) in [6, 6.07) is 0.758. The Balaban J connectivity index is 2.21. The molecule has 1 aromatic rings. The molecule has 1 N–H and O–H groups in total. The highest BCUT2D eigenvalue weighted by molar-refractivity contribution is 7.91. The third kappa shape index (κ3) is 3.65. The SMILES string of the molecule is O=S1(=O)CCCC(NS(=O)(=O)c2cnccc2Cl)C1. The normalized spacial score (nSPS) is 23.1. The van der Waals surface area contributed by atoms with Crippen LogP contribution in [0.4, 0.5) is 0 Å². The van der Waals surface area contributed by atoms with Gasteiger partial charge in [-0.2, -0.15) is 0 Å². The number of sulfonamides is 1. The molecule has 0 spiro atoms. The van der Waals surface area contributed by atoms with E-state index in [1.165, 1.54) is 12.3 Å². The van der Waals surface area contributed by atoms with Crippen molar-refractivity contribution < 1.29 is 16.8 Å². The molecule has 106 valence electrons. The molecule has 19 heavy (non-hydrogen) atoms. The largest absolute Gasteiger partial charge is 0.263 e. The second-order valence-electron chi connectivity index (χ2n) is 4.38. The Morgan fingerprint density at radius 2 is 2.16 bits per heavy atom. The Kier molecular flexibility index (Phi) is 4.14. The van der Waals surface area contributed by atoms with E-state index in [9.17, 15) is 16.8 Å². The quantitative estimate of drug-likeness (QED) is 0.878. The highest BCUT2D eigenvalue weighted by atomic mass is 35.5. The lowest BCUT2D eigenvalue weighted by Gasteiger charge is -2.22. The second kappa shape index (κ2) is 5.35. The highest BCUT2D eigenvalue weighted by Crippen LogP contribution is 2.21. The van der Waals surface area contributed by atoms with Crippen molar-refractivity contribution in [3.05, 3.63) is 23.5 Å². The van der Waals surface area contributed by atoms with E-state index in [1.54, 1.807) is 0 Å². The van der Waals surface area contributed by atoms with E-state index in [0.29, 0.717) is 12.8 Å². The van der Waals surface area contributed by atoms with Crippen LogP contribution in [-0.4, -0.2) is 39.4 Å². The Morgan fingerprint density at radius 1 is 1.42 bits per heavy atom. The van der Waals surface area contributed by atoms with Crippen LogP contribution in [0.25, 0.3) is 0 Å². The number of hydrogen-bond acceptors (Lipinski definition) is 5. The molecule has 0 bridgehead atoms. The van der Waals surface area contributed by atoms with Crippen molar-refractivity contribution in [2.45, 2.75) is 23.8 Å². The molecule has 6 nitrogen and oxygen atoms in total. The van der Waals surface area contributed by atoms with Gasteiger partial charge in [-0.3, -0.25) is 4.98 Å². The Hall–Kier alpha value is -0.700. The molecule has 1 unspecified atom stereocenters. The van der Waals surface area contributed by atoms with Crippen molar-refractivity contribution in [1.82, 2.24) is 9.71 Å². The first-order valence-electron chi connectivity index (χ1n) is 5.62. The predicted molar refractivity (Wildman–Crippen MR) is 71.2 cm³/mol. The van der Waals surface area contributed by atoms with Crippen LogP contribution >= 0.6 is 11.6 Å². The summed E-state index contributed by atoms with van der Waals surface area (Å²) in [7, 11) is -7.02. The molecule has 0 amide bonds. The number of pyridine rings is 1. The van der Waals surface area contributed by atoms with Gasteiger partial charge in [0.2, 0.25) is 10.0 Å². The molecule has 1 fully saturated rings. The summed E-state index contributed by atoms with van der Waals surface area (Å²) in [6.45, 7) is 0. The molecule has 1 atom stereocenters. The standard InChI is InChI=1S/C10H13ClN2O4S2/c11-9-3-4-12-6-10(9)19(16,17)13-8-2-1-5-18(14,15)7-8/h3-4,6,8,13H,1-2,5,7H2. The van der Waals surface area contributed by atoms with E-state index < -0.39 is 25.9 Å². The number of halogens is 1. The van der Waals surface area contributed by atoms with Gasteiger partial charge in [-0.1, -0.05) is 11.6 Å². The van der Waals surface area contributed by atoms with Crippen molar-refractivity contribution in [3.63, 3.8) is 0 Å². The van der Waals surface area contributed by atoms with Crippen molar-refractivity contribution in [2.75, 3.05) is 11.5 Å². The molecule has 0 radical (unpaired) electrons. The van der Waals surface area contributed by atoms with Gasteiger partial charge >= 0.3 is 0 Å². The average Bonchev–Trinajstić information content (AvgIpc) is 2.27. The van der Waals surface area contributed by atoms with Gasteiger partial charge in [0.25, 0.3) is 0 Å². The number of nitrogens with zero attached hydrogens (tertiary/aromatic N) is 1. The van der Waals surface area contributed by atoms with Gasteiger partial charge in [-0.15, -0.1) is 0 Å². The van der Waals surface area contributed by atoms with E-state index in [4.69, 9.17) is 11.6 Å². The zero-order chi connectivity index (χ0) is 14.1. The lowest BCUT2D eigenvalue weighted by atomic mass is 10.2. The van der Waals surface area contributed by atoms with Crippen molar-refractivity contribution in [2.24, 2.45) is 0 Å². The Morgan fingerprint density at radius 3 is 2.79 bits per heavy atom. The maximum Gasteiger partial charge on any atom is 0.243 e. The minimum Gasteiger partial charge on any atom is -0.263 e. The molecule has 0 aromatic carbocycles. The first-order valence-corrected chi connectivity index (χ1v) is 9.31. The van der Waals surface area contributed by atoms with E-state index in [1.807, 2.05) is 0 Å². The summed E-state index contributed by atoms with van der Waals surface area (Å²) in [6.07, 6.45) is 3.47. The third-order valence-corrected chi connectivity index (χ3v) is 6.62. The van der Waals surface area contributed by atoms with Crippen LogP contribution in [0.15, 0.2) is 23.4 Å². The lowest BCUT2D eigenvalue weighted by molar-refractivity contribution is 0.517. The zero-order valence-corrected chi connectivity index (χ0v) is 12.3. The Labute approximate surface area is 117 Å². The zero-order valence-electron chi connectivity index (χ0n) is 9.91. The summed E-state index contributed by atoms with van der Waals surface area (Å²) in [5.74, 6) is -0.0665. The topological polar surface area (TPSA) is 93.2 Å². The monoisotopic (exact) mass is 324 g/mol. The summed E-state index contributed by atoms with van der Waals surface area (Å²) in [5, 5.41) is 0.0566. The van der Waals surface area contributed by atoms with Crippen LogP contribution in [0.3, 0.4) is 0 Å². The maximum absolute atomic E-state index is 12.1. The van der Waals surface area contributed by atoms with Gasteiger partial charge in [0.15, 0.2) is 9.84 Å². The molecule has 1 aromatic heterocycles. The summed E-state index contributed by atoms with van der Waals surface area (Å²) in [5.41, 5.74) is 0. The molecule has 9 heteroatoms. The number of nitrogens with one attached hydrogen (secondary N) is 1. The van der Waals surface area contributed by atoms with Crippen molar-refractivity contribution >= 4 is 31.5 Å². The first-order chi connectivity index (χ1) is 8.80. The molecule has 1 aliphatic heterocycles. The first kappa shape index (κ1) is 14.7. The van der Waals surface area contributed by atoms with Crippen LogP contribution in [0, 0.1) is 0 Å². The second-order valence-corrected chi connectivity index (χ2v) is 8.70. The molecular formula is C10H13ClN2O4S2. The molecule has 2 rings (SSSR count). The van der Waals surface area contributed by atoms with Crippen LogP contribution in [0.1, 0.15) is 12.8 Å². The number of hydrogen-bond donors (Lipinski definition) is 1. The van der Waals surface area contributed by atoms with E-state index in [2.05, 4.69) is 9.71 Å². The summed E-state index contributed by atoms with van der Waals surface area (Å²) < 4.78 is 49.5. The van der Waals surface area contributed by atoms with Crippen LogP contribution in [0.5, 0.6) is 0 Å². The fourth-order valence-electron chi connectivity index (χ4n) is 1.96. The van der Waals surface area contributed by atoms with E-state index >= 15 is 0 Å². The number of rotatable bonds is 3. The molecule has 1 saturated heterocycles. The fraction of sp³-hybridized carbons (Fsp3) is 0.500.